The summed E-state index contributed by atoms with van der Waals surface area (Å²) in [4.78, 5) is 24.6. The molecule has 0 spiro atoms. The molecule has 0 radical (unpaired) electrons. The van der Waals surface area contributed by atoms with E-state index in [-0.39, 0.29) is 17.5 Å². The maximum absolute atomic E-state index is 12.6. The minimum atomic E-state index is -0.360. The highest BCUT2D eigenvalue weighted by Gasteiger charge is 2.18. The van der Waals surface area contributed by atoms with Crippen molar-refractivity contribution >= 4 is 29.1 Å². The van der Waals surface area contributed by atoms with Crippen molar-refractivity contribution in [3.8, 4) is 5.75 Å². The van der Waals surface area contributed by atoms with Gasteiger partial charge in [0.15, 0.2) is 5.69 Å². The number of nitrogens with zero attached hydrogens (tertiary/aromatic N) is 2. The van der Waals surface area contributed by atoms with E-state index in [0.29, 0.717) is 35.2 Å². The second kappa shape index (κ2) is 9.25. The summed E-state index contributed by atoms with van der Waals surface area (Å²) in [6.07, 6.45) is 1.63. The molecule has 2 aromatic carbocycles. The minimum absolute atomic E-state index is 0.175. The number of ether oxygens (including phenoxy) is 1. The number of carbonyl (C=O) groups is 2. The zero-order chi connectivity index (χ0) is 20.8. The second-order valence-electron chi connectivity index (χ2n) is 6.22. The maximum Gasteiger partial charge on any atom is 0.273 e. The van der Waals surface area contributed by atoms with Gasteiger partial charge in [0, 0.05) is 30.4 Å². The molecule has 7 nitrogen and oxygen atoms in total. The number of anilines is 1. The summed E-state index contributed by atoms with van der Waals surface area (Å²) < 4.78 is 7.29. The van der Waals surface area contributed by atoms with Gasteiger partial charge in [-0.15, -0.1) is 0 Å². The van der Waals surface area contributed by atoms with E-state index in [1.807, 2.05) is 31.2 Å². The van der Waals surface area contributed by atoms with E-state index >= 15 is 0 Å². The fraction of sp³-hybridized carbons (Fsp3) is 0.190. The molecule has 8 heteroatoms. The van der Waals surface area contributed by atoms with Crippen molar-refractivity contribution in [3.63, 3.8) is 0 Å². The monoisotopic (exact) mass is 412 g/mol. The Morgan fingerprint density at radius 3 is 2.55 bits per heavy atom. The summed E-state index contributed by atoms with van der Waals surface area (Å²) in [7, 11) is 1.52. The van der Waals surface area contributed by atoms with Gasteiger partial charge in [-0.05, 0) is 42.8 Å². The summed E-state index contributed by atoms with van der Waals surface area (Å²) in [5.41, 5.74) is 1.91. The van der Waals surface area contributed by atoms with Gasteiger partial charge in [0.1, 0.15) is 12.4 Å². The van der Waals surface area contributed by atoms with Crippen LogP contribution in [0.1, 0.15) is 33.3 Å². The first kappa shape index (κ1) is 20.4. The summed E-state index contributed by atoms with van der Waals surface area (Å²) in [5, 5.41) is 10.1. The highest BCUT2D eigenvalue weighted by molar-refractivity contribution is 6.30. The summed E-state index contributed by atoms with van der Waals surface area (Å²) in [5.74, 6) is -0.0110. The molecule has 2 amide bonds. The van der Waals surface area contributed by atoms with Gasteiger partial charge >= 0.3 is 0 Å². The number of aryl methyl sites for hydroxylation is 1. The van der Waals surface area contributed by atoms with E-state index in [4.69, 9.17) is 16.3 Å². The van der Waals surface area contributed by atoms with Crippen LogP contribution in [0.25, 0.3) is 0 Å². The highest BCUT2D eigenvalue weighted by atomic mass is 35.5. The lowest BCUT2D eigenvalue weighted by atomic mass is 10.1. The van der Waals surface area contributed by atoms with Crippen LogP contribution in [0.5, 0.6) is 5.75 Å². The quantitative estimate of drug-likeness (QED) is 0.619. The second-order valence-corrected chi connectivity index (χ2v) is 6.66. The average Bonchev–Trinajstić information content (AvgIpc) is 3.15. The van der Waals surface area contributed by atoms with Gasteiger partial charge < -0.3 is 15.4 Å². The lowest BCUT2D eigenvalue weighted by Gasteiger charge is -2.08. The Kier molecular flexibility index (Phi) is 6.51. The smallest absolute Gasteiger partial charge is 0.273 e. The van der Waals surface area contributed by atoms with Gasteiger partial charge in [-0.1, -0.05) is 29.8 Å². The maximum atomic E-state index is 12.6. The Morgan fingerprint density at radius 1 is 1.14 bits per heavy atom. The van der Waals surface area contributed by atoms with Crippen molar-refractivity contribution < 1.29 is 14.3 Å². The van der Waals surface area contributed by atoms with E-state index in [0.717, 1.165) is 5.56 Å². The van der Waals surface area contributed by atoms with Gasteiger partial charge in [0.05, 0.1) is 5.69 Å². The van der Waals surface area contributed by atoms with Crippen molar-refractivity contribution in [3.05, 3.63) is 76.6 Å². The number of hydrogen-bond acceptors (Lipinski definition) is 4. The number of hydrogen-bond donors (Lipinski definition) is 2. The number of carbonyl (C=O) groups excluding carboxylic acids is 2. The first-order chi connectivity index (χ1) is 14.0. The van der Waals surface area contributed by atoms with Crippen molar-refractivity contribution in [2.24, 2.45) is 0 Å². The van der Waals surface area contributed by atoms with E-state index in [1.54, 1.807) is 35.1 Å². The molecule has 0 aliphatic rings. The lowest BCUT2D eigenvalue weighted by molar-refractivity contribution is 0.0958. The molecule has 1 heterocycles. The number of aromatic nitrogens is 2. The first-order valence-corrected chi connectivity index (χ1v) is 9.46. The average molecular weight is 413 g/mol. The fourth-order valence-electron chi connectivity index (χ4n) is 2.63. The Bertz CT molecular complexity index is 1020. The highest BCUT2D eigenvalue weighted by Crippen LogP contribution is 2.19. The number of halogens is 1. The van der Waals surface area contributed by atoms with E-state index in [2.05, 4.69) is 15.7 Å². The Hall–Kier alpha value is -3.32. The lowest BCUT2D eigenvalue weighted by Crippen LogP contribution is -2.21. The largest absolute Gasteiger partial charge is 0.489 e. The van der Waals surface area contributed by atoms with Crippen LogP contribution in [0.4, 0.5) is 5.69 Å². The van der Waals surface area contributed by atoms with Gasteiger partial charge in [0.2, 0.25) is 0 Å². The Labute approximate surface area is 173 Å². The zero-order valence-electron chi connectivity index (χ0n) is 16.1. The van der Waals surface area contributed by atoms with Gasteiger partial charge in [-0.2, -0.15) is 5.10 Å². The molecule has 0 unspecified atom stereocenters. The van der Waals surface area contributed by atoms with Gasteiger partial charge in [-0.25, -0.2) is 0 Å². The molecule has 0 atom stereocenters. The summed E-state index contributed by atoms with van der Waals surface area (Å²) in [6, 6.07) is 14.2. The topological polar surface area (TPSA) is 85.2 Å². The van der Waals surface area contributed by atoms with E-state index < -0.39 is 0 Å². The van der Waals surface area contributed by atoms with E-state index in [9.17, 15) is 9.59 Å². The Balaban J connectivity index is 1.66. The van der Waals surface area contributed by atoms with Crippen LogP contribution in [0.2, 0.25) is 5.02 Å². The molecular weight excluding hydrogens is 392 g/mol. The molecule has 1 aromatic heterocycles. The molecule has 0 aliphatic heterocycles. The van der Waals surface area contributed by atoms with E-state index in [1.165, 1.54) is 7.05 Å². The molecular formula is C21H21ClN4O3. The summed E-state index contributed by atoms with van der Waals surface area (Å²) in [6.45, 7) is 2.84. The van der Waals surface area contributed by atoms with Crippen LogP contribution in [-0.2, 0) is 13.2 Å². The Morgan fingerprint density at radius 2 is 1.90 bits per heavy atom. The molecule has 3 aromatic rings. The predicted octanol–water partition coefficient (Wildman–Crippen LogP) is 3.75. The van der Waals surface area contributed by atoms with Crippen molar-refractivity contribution in [2.75, 3.05) is 12.4 Å². The van der Waals surface area contributed by atoms with Crippen LogP contribution in [-0.4, -0.2) is 28.6 Å². The van der Waals surface area contributed by atoms with Crippen molar-refractivity contribution in [1.29, 1.82) is 0 Å². The molecule has 150 valence electrons. The van der Waals surface area contributed by atoms with Crippen molar-refractivity contribution in [2.45, 2.75) is 20.1 Å². The SMILES string of the molecule is CCn1cc(NC(=O)c2ccc(COc3cccc(Cl)c3)cc2)c(C(=O)NC)n1. The molecule has 0 aliphatic carbocycles. The third-order valence-electron chi connectivity index (χ3n) is 4.19. The molecule has 3 rings (SSSR count). The third kappa shape index (κ3) is 5.14. The van der Waals surface area contributed by atoms with Crippen LogP contribution < -0.4 is 15.4 Å². The number of amides is 2. The van der Waals surface area contributed by atoms with Crippen LogP contribution in [0.15, 0.2) is 54.7 Å². The predicted molar refractivity (Wildman–Crippen MR) is 111 cm³/mol. The van der Waals surface area contributed by atoms with Crippen molar-refractivity contribution in [1.82, 2.24) is 15.1 Å². The van der Waals surface area contributed by atoms with Crippen LogP contribution in [0.3, 0.4) is 0 Å². The molecule has 0 saturated heterocycles. The molecule has 29 heavy (non-hydrogen) atoms. The normalized spacial score (nSPS) is 10.4. The first-order valence-electron chi connectivity index (χ1n) is 9.08. The number of rotatable bonds is 7. The van der Waals surface area contributed by atoms with Crippen LogP contribution >= 0.6 is 11.6 Å². The minimum Gasteiger partial charge on any atom is -0.489 e. The number of nitrogens with one attached hydrogen (secondary N) is 2. The molecule has 0 fully saturated rings. The van der Waals surface area contributed by atoms with Crippen LogP contribution in [0, 0.1) is 0 Å². The standard InChI is InChI=1S/C21H21ClN4O3/c1-3-26-12-18(19(25-26)21(28)23-2)24-20(27)15-9-7-14(8-10-15)13-29-17-6-4-5-16(22)11-17/h4-12H,3,13H2,1-2H3,(H,23,28)(H,24,27). The molecule has 0 bridgehead atoms. The zero-order valence-corrected chi connectivity index (χ0v) is 16.9. The third-order valence-corrected chi connectivity index (χ3v) is 4.43. The number of benzene rings is 2. The van der Waals surface area contributed by atoms with Gasteiger partial charge in [0.25, 0.3) is 11.8 Å². The molecule has 2 N–H and O–H groups in total. The molecule has 0 saturated carbocycles. The van der Waals surface area contributed by atoms with Gasteiger partial charge in [-0.3, -0.25) is 14.3 Å². The summed E-state index contributed by atoms with van der Waals surface area (Å²) >= 11 is 5.94. The fourth-order valence-corrected chi connectivity index (χ4v) is 2.81.